The van der Waals surface area contributed by atoms with E-state index in [1.807, 2.05) is 12.1 Å². The first-order chi connectivity index (χ1) is 20.1. The van der Waals surface area contributed by atoms with E-state index in [9.17, 15) is 30.7 Å². The Balaban J connectivity index is 1.13. The largest absolute Gasteiger partial charge is 0.209 e. The van der Waals surface area contributed by atoms with Crippen LogP contribution < -0.4 is 0 Å². The van der Waals surface area contributed by atoms with E-state index < -0.39 is 46.3 Å². The van der Waals surface area contributed by atoms with Crippen LogP contribution >= 0.6 is 0 Å². The smallest absolute Gasteiger partial charge is 0.194 e. The maximum absolute atomic E-state index is 14.9. The highest BCUT2D eigenvalue weighted by Crippen LogP contribution is 2.41. The summed E-state index contributed by atoms with van der Waals surface area (Å²) in [7, 11) is 0. The van der Waals surface area contributed by atoms with Crippen LogP contribution in [0.1, 0.15) is 86.8 Å². The minimum atomic E-state index is -1.68. The minimum Gasteiger partial charge on any atom is -0.209 e. The van der Waals surface area contributed by atoms with Gasteiger partial charge in [0.15, 0.2) is 23.3 Å². The van der Waals surface area contributed by atoms with E-state index >= 15 is 0 Å². The zero-order valence-electron chi connectivity index (χ0n) is 23.4. The highest BCUT2D eigenvalue weighted by atomic mass is 19.2. The van der Waals surface area contributed by atoms with Crippen LogP contribution in [0.2, 0.25) is 0 Å². The van der Waals surface area contributed by atoms with E-state index in [1.165, 1.54) is 12.1 Å². The maximum Gasteiger partial charge on any atom is 0.194 e. The van der Waals surface area contributed by atoms with Gasteiger partial charge in [0, 0.05) is 5.56 Å². The second kappa shape index (κ2) is 12.9. The third-order valence-electron chi connectivity index (χ3n) is 8.95. The van der Waals surface area contributed by atoms with Crippen LogP contribution in [0.3, 0.4) is 0 Å². The summed E-state index contributed by atoms with van der Waals surface area (Å²) in [6.07, 6.45) is 12.1. The van der Waals surface area contributed by atoms with E-state index in [1.54, 1.807) is 12.1 Å². The Bertz CT molecular complexity index is 1420. The van der Waals surface area contributed by atoms with Gasteiger partial charge in [0.1, 0.15) is 17.5 Å². The van der Waals surface area contributed by atoms with Crippen molar-refractivity contribution in [1.82, 2.24) is 0 Å². The first-order valence-corrected chi connectivity index (χ1v) is 14.5. The summed E-state index contributed by atoms with van der Waals surface area (Å²) in [5.74, 6) is -6.90. The minimum absolute atomic E-state index is 0.0194. The molecule has 0 unspecified atom stereocenters. The van der Waals surface area contributed by atoms with Gasteiger partial charge in [0.25, 0.3) is 0 Å². The Hall–Kier alpha value is -3.35. The molecule has 7 heteroatoms. The molecule has 0 nitrogen and oxygen atoms in total. The molecule has 0 atom stereocenters. The highest BCUT2D eigenvalue weighted by molar-refractivity contribution is 5.66. The number of benzene rings is 3. The molecule has 0 aromatic heterocycles. The second-order valence-electron chi connectivity index (χ2n) is 11.7. The van der Waals surface area contributed by atoms with E-state index in [0.717, 1.165) is 63.9 Å². The summed E-state index contributed by atoms with van der Waals surface area (Å²) < 4.78 is 97.3. The van der Waals surface area contributed by atoms with Crippen LogP contribution in [0.5, 0.6) is 0 Å². The lowest BCUT2D eigenvalue weighted by molar-refractivity contribution is 0.360. The third-order valence-corrected chi connectivity index (χ3v) is 8.95. The van der Waals surface area contributed by atoms with Gasteiger partial charge in [-0.05, 0) is 123 Å². The molecule has 0 aliphatic heterocycles. The van der Waals surface area contributed by atoms with Crippen LogP contribution in [0.25, 0.3) is 17.0 Å². The molecule has 0 heterocycles. The van der Waals surface area contributed by atoms with Gasteiger partial charge in [0.05, 0.1) is 5.56 Å². The molecule has 0 amide bonds. The van der Waals surface area contributed by atoms with Crippen LogP contribution in [0.15, 0.2) is 66.5 Å². The van der Waals surface area contributed by atoms with E-state index in [4.69, 9.17) is 0 Å². The molecule has 0 N–H and O–H groups in total. The Morgan fingerprint density at radius 3 is 1.50 bits per heavy atom. The number of halogens is 7. The maximum atomic E-state index is 14.9. The molecule has 2 saturated carbocycles. The molecule has 2 aliphatic rings. The third kappa shape index (κ3) is 6.66. The lowest BCUT2D eigenvalue weighted by Crippen LogP contribution is -2.14. The van der Waals surface area contributed by atoms with Gasteiger partial charge in [-0.15, -0.1) is 0 Å². The van der Waals surface area contributed by atoms with Gasteiger partial charge in [-0.3, -0.25) is 0 Å². The molecular formula is C35H33F7. The SMILES string of the molecule is C/C(F)=C(\F)c1ccc(C2CCC(/C=C/C3CCC(c4cc(F)c(-c5cc(F)c(F)c(F)c5)c(F)c4)CC3)CC2)cc1. The van der Waals surface area contributed by atoms with Crippen molar-refractivity contribution >= 4 is 5.83 Å². The van der Waals surface area contributed by atoms with Crippen LogP contribution in [-0.2, 0) is 0 Å². The first kappa shape index (κ1) is 30.1. The van der Waals surface area contributed by atoms with Crippen molar-refractivity contribution in [2.75, 3.05) is 0 Å². The monoisotopic (exact) mass is 586 g/mol. The molecule has 0 bridgehead atoms. The molecule has 5 rings (SSSR count). The molecule has 0 saturated heterocycles. The molecule has 222 valence electrons. The fourth-order valence-corrected chi connectivity index (χ4v) is 6.51. The van der Waals surface area contributed by atoms with Crippen molar-refractivity contribution in [3.8, 4) is 11.1 Å². The Kier molecular flexibility index (Phi) is 9.24. The van der Waals surface area contributed by atoms with E-state index in [2.05, 4.69) is 12.2 Å². The summed E-state index contributed by atoms with van der Waals surface area (Å²) >= 11 is 0. The molecular weight excluding hydrogens is 553 g/mol. The van der Waals surface area contributed by atoms with Gasteiger partial charge >= 0.3 is 0 Å². The molecule has 0 spiro atoms. The molecule has 2 aliphatic carbocycles. The van der Waals surface area contributed by atoms with Crippen molar-refractivity contribution < 1.29 is 30.7 Å². The van der Waals surface area contributed by atoms with E-state index in [0.29, 0.717) is 35.4 Å². The van der Waals surface area contributed by atoms with Gasteiger partial charge in [0.2, 0.25) is 0 Å². The zero-order chi connectivity index (χ0) is 30.0. The second-order valence-corrected chi connectivity index (χ2v) is 11.7. The van der Waals surface area contributed by atoms with Crippen molar-refractivity contribution in [1.29, 1.82) is 0 Å². The van der Waals surface area contributed by atoms with Crippen LogP contribution in [0.4, 0.5) is 30.7 Å². The average molecular weight is 587 g/mol. The Labute approximate surface area is 242 Å². The lowest BCUT2D eigenvalue weighted by Gasteiger charge is -2.29. The Morgan fingerprint density at radius 1 is 0.595 bits per heavy atom. The predicted octanol–water partition coefficient (Wildman–Crippen LogP) is 11.5. The summed E-state index contributed by atoms with van der Waals surface area (Å²) in [4.78, 5) is 0. The molecule has 42 heavy (non-hydrogen) atoms. The number of allylic oxidation sites excluding steroid dienone is 3. The fourth-order valence-electron chi connectivity index (χ4n) is 6.51. The predicted molar refractivity (Wildman–Crippen MR) is 151 cm³/mol. The van der Waals surface area contributed by atoms with Crippen molar-refractivity contribution in [3.05, 3.63) is 112 Å². The average Bonchev–Trinajstić information content (AvgIpc) is 2.98. The molecule has 3 aromatic carbocycles. The standard InChI is InChI=1S/C35H33F7/c1-20(36)34(41)26-14-12-24(13-15-26)23-8-4-21(5-9-23)2-3-22-6-10-25(11-7-22)27-16-29(37)33(30(38)17-27)28-18-31(39)35(42)32(40)19-28/h2-3,12-19,21-23,25H,4-11H2,1H3/b3-2+,34-20+. The first-order valence-electron chi connectivity index (χ1n) is 14.5. The van der Waals surface area contributed by atoms with Crippen LogP contribution in [-0.4, -0.2) is 0 Å². The summed E-state index contributed by atoms with van der Waals surface area (Å²) in [5, 5.41) is 0. The van der Waals surface area contributed by atoms with E-state index in [-0.39, 0.29) is 17.0 Å². The quantitative estimate of drug-likeness (QED) is 0.153. The molecule has 3 aromatic rings. The fraction of sp³-hybridized carbons (Fsp3) is 0.371. The van der Waals surface area contributed by atoms with Gasteiger partial charge in [-0.25, -0.2) is 30.7 Å². The number of hydrogen-bond donors (Lipinski definition) is 0. The summed E-state index contributed by atoms with van der Waals surface area (Å²) in [5.41, 5.74) is 0.977. The zero-order valence-corrected chi connectivity index (χ0v) is 23.4. The molecule has 2 fully saturated rings. The highest BCUT2D eigenvalue weighted by Gasteiger charge is 2.26. The number of rotatable bonds is 6. The Morgan fingerprint density at radius 2 is 1.05 bits per heavy atom. The van der Waals surface area contributed by atoms with Gasteiger partial charge in [-0.2, -0.15) is 0 Å². The summed E-state index contributed by atoms with van der Waals surface area (Å²) in [6, 6.07) is 10.7. The van der Waals surface area contributed by atoms with Crippen molar-refractivity contribution in [3.63, 3.8) is 0 Å². The number of hydrogen-bond acceptors (Lipinski definition) is 0. The lowest BCUT2D eigenvalue weighted by atomic mass is 9.76. The van der Waals surface area contributed by atoms with Crippen LogP contribution in [0, 0.1) is 40.9 Å². The van der Waals surface area contributed by atoms with Gasteiger partial charge < -0.3 is 0 Å². The topological polar surface area (TPSA) is 0 Å². The normalized spacial score (nSPS) is 23.7. The van der Waals surface area contributed by atoms with Gasteiger partial charge in [-0.1, -0.05) is 36.4 Å². The van der Waals surface area contributed by atoms with Crippen molar-refractivity contribution in [2.45, 2.75) is 70.1 Å². The van der Waals surface area contributed by atoms with Crippen molar-refractivity contribution in [2.24, 2.45) is 11.8 Å². The summed E-state index contributed by atoms with van der Waals surface area (Å²) in [6.45, 7) is 1.11. The molecule has 0 radical (unpaired) electrons.